The third-order valence-corrected chi connectivity index (χ3v) is 3.51. The van der Waals surface area contributed by atoms with Gasteiger partial charge >= 0.3 is 0 Å². The third kappa shape index (κ3) is 5.49. The van der Waals surface area contributed by atoms with Gasteiger partial charge in [-0.2, -0.15) is 0 Å². The Balaban J connectivity index is 1.79. The number of methoxy groups -OCH3 is 1. The Bertz CT molecular complexity index is 583. The second kappa shape index (κ2) is 9.06. The zero-order valence-corrected chi connectivity index (χ0v) is 14.1. The molecule has 23 heavy (non-hydrogen) atoms. The van der Waals surface area contributed by atoms with Gasteiger partial charge in [0.05, 0.1) is 13.7 Å². The van der Waals surface area contributed by atoms with Crippen LogP contribution in [0.4, 0.5) is 0 Å². The van der Waals surface area contributed by atoms with Crippen LogP contribution in [0, 0.1) is 0 Å². The molecule has 0 heterocycles. The van der Waals surface area contributed by atoms with Gasteiger partial charge < -0.3 is 14.2 Å². The van der Waals surface area contributed by atoms with Crippen molar-refractivity contribution < 1.29 is 14.2 Å². The number of rotatable bonds is 9. The highest BCUT2D eigenvalue weighted by Crippen LogP contribution is 2.20. The Morgan fingerprint density at radius 1 is 0.913 bits per heavy atom. The van der Waals surface area contributed by atoms with Gasteiger partial charge in [-0.05, 0) is 44.3 Å². The zero-order valence-electron chi connectivity index (χ0n) is 14.1. The highest BCUT2D eigenvalue weighted by molar-refractivity contribution is 5.33. The van der Waals surface area contributed by atoms with Crippen molar-refractivity contribution in [3.8, 4) is 17.2 Å². The summed E-state index contributed by atoms with van der Waals surface area (Å²) in [4.78, 5) is 2.22. The topological polar surface area (TPSA) is 30.9 Å². The Morgan fingerprint density at radius 2 is 1.61 bits per heavy atom. The van der Waals surface area contributed by atoms with E-state index >= 15 is 0 Å². The van der Waals surface area contributed by atoms with Gasteiger partial charge in [0.25, 0.3) is 0 Å². The molecule has 0 aliphatic heterocycles. The smallest absolute Gasteiger partial charge is 0.123 e. The molecule has 0 N–H and O–H groups in total. The summed E-state index contributed by atoms with van der Waals surface area (Å²) in [5.74, 6) is 2.65. The molecule has 0 aromatic heterocycles. The van der Waals surface area contributed by atoms with Gasteiger partial charge in [-0.1, -0.05) is 18.2 Å². The van der Waals surface area contributed by atoms with E-state index < -0.39 is 0 Å². The minimum absolute atomic E-state index is 0.639. The van der Waals surface area contributed by atoms with Gasteiger partial charge in [0.15, 0.2) is 0 Å². The fraction of sp³-hybridized carbons (Fsp3) is 0.368. The van der Waals surface area contributed by atoms with Crippen LogP contribution in [0.25, 0.3) is 0 Å². The van der Waals surface area contributed by atoms with Gasteiger partial charge in [0.2, 0.25) is 0 Å². The van der Waals surface area contributed by atoms with Crippen LogP contribution in [-0.2, 0) is 6.54 Å². The molecule has 0 atom stereocenters. The lowest BCUT2D eigenvalue weighted by atomic mass is 10.2. The lowest BCUT2D eigenvalue weighted by molar-refractivity contribution is 0.229. The maximum Gasteiger partial charge on any atom is 0.123 e. The Morgan fingerprint density at radius 3 is 2.30 bits per heavy atom. The van der Waals surface area contributed by atoms with E-state index in [2.05, 4.69) is 18.0 Å². The molecule has 4 nitrogen and oxygen atoms in total. The molecule has 2 rings (SSSR count). The summed E-state index contributed by atoms with van der Waals surface area (Å²) in [6.45, 7) is 5.00. The highest BCUT2D eigenvalue weighted by Gasteiger charge is 2.06. The van der Waals surface area contributed by atoms with Crippen LogP contribution in [0.3, 0.4) is 0 Å². The van der Waals surface area contributed by atoms with Gasteiger partial charge in [-0.25, -0.2) is 0 Å². The van der Waals surface area contributed by atoms with Crippen LogP contribution in [0.1, 0.15) is 12.5 Å². The molecular formula is C19H25NO3. The lowest BCUT2D eigenvalue weighted by Crippen LogP contribution is -2.24. The molecule has 2 aromatic carbocycles. The number of para-hydroxylation sites is 1. The minimum atomic E-state index is 0.639. The molecule has 0 spiro atoms. The summed E-state index contributed by atoms with van der Waals surface area (Å²) >= 11 is 0. The normalized spacial score (nSPS) is 10.6. The number of nitrogens with zero attached hydrogens (tertiary/aromatic N) is 1. The Hall–Kier alpha value is -2.20. The number of benzene rings is 2. The number of hydrogen-bond donors (Lipinski definition) is 0. The summed E-state index contributed by atoms with van der Waals surface area (Å²) in [5, 5.41) is 0. The van der Waals surface area contributed by atoms with E-state index in [9.17, 15) is 0 Å². The van der Waals surface area contributed by atoms with Crippen LogP contribution in [0.5, 0.6) is 17.2 Å². The molecule has 124 valence electrons. The van der Waals surface area contributed by atoms with Crippen LogP contribution >= 0.6 is 0 Å². The van der Waals surface area contributed by atoms with E-state index in [0.29, 0.717) is 13.2 Å². The van der Waals surface area contributed by atoms with E-state index in [1.54, 1.807) is 7.11 Å². The summed E-state index contributed by atoms with van der Waals surface area (Å²) < 4.78 is 16.6. The molecule has 4 heteroatoms. The van der Waals surface area contributed by atoms with Crippen molar-refractivity contribution in [1.29, 1.82) is 0 Å². The first-order chi connectivity index (χ1) is 11.2. The van der Waals surface area contributed by atoms with Crippen molar-refractivity contribution in [2.45, 2.75) is 13.5 Å². The number of ether oxygens (including phenoxy) is 3. The van der Waals surface area contributed by atoms with E-state index in [-0.39, 0.29) is 0 Å². The van der Waals surface area contributed by atoms with Crippen molar-refractivity contribution in [2.75, 3.05) is 33.9 Å². The van der Waals surface area contributed by atoms with E-state index in [1.807, 2.05) is 49.4 Å². The molecule has 0 saturated carbocycles. The second-order valence-electron chi connectivity index (χ2n) is 5.30. The predicted molar refractivity (Wildman–Crippen MR) is 92.4 cm³/mol. The first-order valence-corrected chi connectivity index (χ1v) is 7.89. The minimum Gasteiger partial charge on any atom is -0.497 e. The van der Waals surface area contributed by atoms with E-state index in [4.69, 9.17) is 14.2 Å². The third-order valence-electron chi connectivity index (χ3n) is 3.51. The molecule has 0 aliphatic carbocycles. The van der Waals surface area contributed by atoms with Crippen molar-refractivity contribution >= 4 is 0 Å². The molecule has 0 bridgehead atoms. The van der Waals surface area contributed by atoms with E-state index in [1.165, 1.54) is 5.56 Å². The van der Waals surface area contributed by atoms with Crippen LogP contribution in [0.15, 0.2) is 48.5 Å². The summed E-state index contributed by atoms with van der Waals surface area (Å²) in [7, 11) is 3.74. The van der Waals surface area contributed by atoms with Gasteiger partial charge in [-0.15, -0.1) is 0 Å². The predicted octanol–water partition coefficient (Wildman–Crippen LogP) is 3.60. The van der Waals surface area contributed by atoms with Crippen molar-refractivity contribution in [1.82, 2.24) is 4.90 Å². The summed E-state index contributed by atoms with van der Waals surface area (Å²) in [5.41, 5.74) is 1.20. The lowest BCUT2D eigenvalue weighted by Gasteiger charge is -2.19. The Kier molecular flexibility index (Phi) is 6.76. The quantitative estimate of drug-likeness (QED) is 0.707. The average molecular weight is 315 g/mol. The SMILES string of the molecule is CCOc1ccccc1CN(C)CCOc1ccc(OC)cc1. The highest BCUT2D eigenvalue weighted by atomic mass is 16.5. The molecule has 0 aliphatic rings. The molecule has 0 unspecified atom stereocenters. The standard InChI is InChI=1S/C19H25NO3/c1-4-22-19-8-6-5-7-16(19)15-20(2)13-14-23-18-11-9-17(21-3)10-12-18/h5-12H,4,13-15H2,1-3H3. The van der Waals surface area contributed by atoms with Gasteiger partial charge in [0.1, 0.15) is 23.9 Å². The van der Waals surface area contributed by atoms with Crippen molar-refractivity contribution in [2.24, 2.45) is 0 Å². The molecule has 0 radical (unpaired) electrons. The van der Waals surface area contributed by atoms with Crippen LogP contribution in [0.2, 0.25) is 0 Å². The monoisotopic (exact) mass is 315 g/mol. The largest absolute Gasteiger partial charge is 0.497 e. The van der Waals surface area contributed by atoms with Crippen molar-refractivity contribution in [3.63, 3.8) is 0 Å². The summed E-state index contributed by atoms with van der Waals surface area (Å²) in [6.07, 6.45) is 0. The van der Waals surface area contributed by atoms with Crippen molar-refractivity contribution in [3.05, 3.63) is 54.1 Å². The summed E-state index contributed by atoms with van der Waals surface area (Å²) in [6, 6.07) is 15.8. The maximum atomic E-state index is 5.76. The molecule has 2 aromatic rings. The molecule has 0 saturated heterocycles. The fourth-order valence-corrected chi connectivity index (χ4v) is 2.29. The van der Waals surface area contributed by atoms with Gasteiger partial charge in [0, 0.05) is 18.7 Å². The second-order valence-corrected chi connectivity index (χ2v) is 5.30. The fourth-order valence-electron chi connectivity index (χ4n) is 2.29. The first kappa shape index (κ1) is 17.2. The van der Waals surface area contributed by atoms with Crippen LogP contribution < -0.4 is 14.2 Å². The average Bonchev–Trinajstić information content (AvgIpc) is 2.57. The Labute approximate surface area is 138 Å². The first-order valence-electron chi connectivity index (χ1n) is 7.89. The van der Waals surface area contributed by atoms with E-state index in [0.717, 1.165) is 30.3 Å². The van der Waals surface area contributed by atoms with Crippen LogP contribution in [-0.4, -0.2) is 38.8 Å². The number of likely N-dealkylation sites (N-methyl/N-ethyl adjacent to an activating group) is 1. The molecular weight excluding hydrogens is 290 g/mol. The van der Waals surface area contributed by atoms with Gasteiger partial charge in [-0.3, -0.25) is 4.90 Å². The molecule has 0 fully saturated rings. The molecule has 0 amide bonds. The maximum absolute atomic E-state index is 5.76. The zero-order chi connectivity index (χ0) is 16.5. The number of hydrogen-bond acceptors (Lipinski definition) is 4.